The molecule has 0 radical (unpaired) electrons. The van der Waals surface area contributed by atoms with Crippen molar-refractivity contribution in [3.05, 3.63) is 28.4 Å². The number of amides is 1. The summed E-state index contributed by atoms with van der Waals surface area (Å²) in [4.78, 5) is 25.1. The van der Waals surface area contributed by atoms with Crippen LogP contribution in [0.5, 0.6) is 0 Å². The average molecular weight is 252 g/mol. The number of hydrogen-bond donors (Lipinski definition) is 2. The molecule has 0 bridgehead atoms. The monoisotopic (exact) mass is 252 g/mol. The zero-order valence-electron chi connectivity index (χ0n) is 10.3. The minimum absolute atomic E-state index is 0.0422. The van der Waals surface area contributed by atoms with E-state index in [0.717, 1.165) is 0 Å². The first-order valence-electron chi connectivity index (χ1n) is 5.62. The van der Waals surface area contributed by atoms with Crippen molar-refractivity contribution in [1.82, 2.24) is 10.3 Å². The van der Waals surface area contributed by atoms with E-state index in [4.69, 9.17) is 0 Å². The van der Waals surface area contributed by atoms with Crippen LogP contribution in [0.15, 0.2) is 18.3 Å². The van der Waals surface area contributed by atoms with Gasteiger partial charge in [-0.05, 0) is 19.9 Å². The second-order valence-electron chi connectivity index (χ2n) is 4.06. The van der Waals surface area contributed by atoms with Gasteiger partial charge in [-0.25, -0.2) is 4.98 Å². The van der Waals surface area contributed by atoms with E-state index in [9.17, 15) is 14.9 Å². The molecule has 2 N–H and O–H groups in total. The van der Waals surface area contributed by atoms with Gasteiger partial charge in [0, 0.05) is 25.1 Å². The van der Waals surface area contributed by atoms with E-state index in [2.05, 4.69) is 15.6 Å². The predicted molar refractivity (Wildman–Crippen MR) is 67.3 cm³/mol. The molecule has 0 aliphatic rings. The smallest absolute Gasteiger partial charge is 0.287 e. The highest BCUT2D eigenvalue weighted by atomic mass is 16.6. The maximum absolute atomic E-state index is 11.3. The third-order valence-corrected chi connectivity index (χ3v) is 2.07. The van der Waals surface area contributed by atoms with E-state index >= 15 is 0 Å². The van der Waals surface area contributed by atoms with Gasteiger partial charge in [-0.1, -0.05) is 0 Å². The molecule has 1 rings (SSSR count). The van der Waals surface area contributed by atoms with Crippen LogP contribution in [0.3, 0.4) is 0 Å². The molecule has 0 aliphatic carbocycles. The quantitative estimate of drug-likeness (QED) is 0.587. The Morgan fingerprint density at radius 2 is 2.22 bits per heavy atom. The number of nitrogens with zero attached hydrogens (tertiary/aromatic N) is 2. The molecule has 0 atom stereocenters. The Morgan fingerprint density at radius 1 is 1.50 bits per heavy atom. The Bertz CT molecular complexity index is 417. The largest absolute Gasteiger partial charge is 0.370 e. The third-order valence-electron chi connectivity index (χ3n) is 2.07. The molecule has 1 heterocycles. The Hall–Kier alpha value is -2.18. The van der Waals surface area contributed by atoms with Crippen molar-refractivity contribution in [2.24, 2.45) is 0 Å². The van der Waals surface area contributed by atoms with Gasteiger partial charge in [0.05, 0.1) is 4.92 Å². The Morgan fingerprint density at radius 3 is 2.72 bits per heavy atom. The van der Waals surface area contributed by atoms with Gasteiger partial charge in [-0.2, -0.15) is 0 Å². The number of anilines is 1. The fourth-order valence-electron chi connectivity index (χ4n) is 1.30. The number of carbonyl (C=O) groups excluding carboxylic acids is 1. The lowest BCUT2D eigenvalue weighted by atomic mass is 10.3. The van der Waals surface area contributed by atoms with Gasteiger partial charge in [0.25, 0.3) is 5.69 Å². The molecule has 7 nitrogen and oxygen atoms in total. The van der Waals surface area contributed by atoms with Gasteiger partial charge in [0.1, 0.15) is 12.0 Å². The Labute approximate surface area is 105 Å². The minimum atomic E-state index is -0.507. The zero-order valence-corrected chi connectivity index (χ0v) is 10.3. The van der Waals surface area contributed by atoms with Crippen molar-refractivity contribution in [2.45, 2.75) is 26.3 Å². The number of nitro groups is 1. The van der Waals surface area contributed by atoms with Crippen molar-refractivity contribution in [3.63, 3.8) is 0 Å². The topological polar surface area (TPSA) is 97.2 Å². The van der Waals surface area contributed by atoms with Crippen LogP contribution in [0.25, 0.3) is 0 Å². The second-order valence-corrected chi connectivity index (χ2v) is 4.06. The number of nitrogens with one attached hydrogen (secondary N) is 2. The lowest BCUT2D eigenvalue weighted by Crippen LogP contribution is -2.31. The van der Waals surface area contributed by atoms with Crippen LogP contribution in [-0.4, -0.2) is 28.4 Å². The summed E-state index contributed by atoms with van der Waals surface area (Å²) in [7, 11) is 0. The highest BCUT2D eigenvalue weighted by Gasteiger charge is 2.06. The molecule has 1 aromatic heterocycles. The van der Waals surface area contributed by atoms with Crippen molar-refractivity contribution >= 4 is 17.4 Å². The highest BCUT2D eigenvalue weighted by Crippen LogP contribution is 2.11. The van der Waals surface area contributed by atoms with Crippen LogP contribution in [0.1, 0.15) is 20.3 Å². The van der Waals surface area contributed by atoms with Gasteiger partial charge in [-0.3, -0.25) is 14.9 Å². The summed E-state index contributed by atoms with van der Waals surface area (Å²) in [5.41, 5.74) is -0.0573. The fraction of sp³-hybridized carbons (Fsp3) is 0.455. The third kappa shape index (κ3) is 4.77. The molecule has 0 aromatic carbocycles. The molecule has 0 spiro atoms. The maximum Gasteiger partial charge on any atom is 0.287 e. The predicted octanol–water partition coefficient (Wildman–Crippen LogP) is 1.32. The molecule has 0 saturated carbocycles. The molecule has 0 unspecified atom stereocenters. The molecular formula is C11H16N4O3. The summed E-state index contributed by atoms with van der Waals surface area (Å²) in [6.45, 7) is 4.22. The van der Waals surface area contributed by atoms with Crippen molar-refractivity contribution < 1.29 is 9.72 Å². The van der Waals surface area contributed by atoms with E-state index in [1.54, 1.807) is 0 Å². The van der Waals surface area contributed by atoms with Gasteiger partial charge in [0.15, 0.2) is 0 Å². The number of rotatable bonds is 6. The first-order valence-corrected chi connectivity index (χ1v) is 5.62. The van der Waals surface area contributed by atoms with Crippen LogP contribution in [-0.2, 0) is 4.79 Å². The summed E-state index contributed by atoms with van der Waals surface area (Å²) in [6.07, 6.45) is 1.51. The summed E-state index contributed by atoms with van der Waals surface area (Å²) in [6, 6.07) is 3.00. The molecule has 0 aliphatic heterocycles. The van der Waals surface area contributed by atoms with E-state index in [-0.39, 0.29) is 17.6 Å². The summed E-state index contributed by atoms with van der Waals surface area (Å²) in [5, 5.41) is 16.1. The molecule has 98 valence electrons. The van der Waals surface area contributed by atoms with Crippen LogP contribution < -0.4 is 10.6 Å². The van der Waals surface area contributed by atoms with Gasteiger partial charge in [0.2, 0.25) is 5.91 Å². The van der Waals surface area contributed by atoms with Gasteiger partial charge in [-0.15, -0.1) is 0 Å². The summed E-state index contributed by atoms with van der Waals surface area (Å²) in [5.74, 6) is 0.470. The Balaban J connectivity index is 2.35. The van der Waals surface area contributed by atoms with E-state index in [0.29, 0.717) is 18.8 Å². The molecule has 1 aromatic rings. The molecular weight excluding hydrogens is 236 g/mol. The van der Waals surface area contributed by atoms with Gasteiger partial charge >= 0.3 is 0 Å². The van der Waals surface area contributed by atoms with Crippen molar-refractivity contribution in [3.8, 4) is 0 Å². The lowest BCUT2D eigenvalue weighted by Gasteiger charge is -2.08. The normalized spacial score (nSPS) is 10.2. The lowest BCUT2D eigenvalue weighted by molar-refractivity contribution is -0.385. The number of hydrogen-bond acceptors (Lipinski definition) is 5. The second kappa shape index (κ2) is 6.53. The van der Waals surface area contributed by atoms with Gasteiger partial charge < -0.3 is 10.6 Å². The van der Waals surface area contributed by atoms with E-state index < -0.39 is 4.92 Å². The molecule has 0 saturated heterocycles. The van der Waals surface area contributed by atoms with Crippen LogP contribution in [0.2, 0.25) is 0 Å². The molecule has 0 fully saturated rings. The first-order chi connectivity index (χ1) is 8.49. The van der Waals surface area contributed by atoms with Crippen molar-refractivity contribution in [2.75, 3.05) is 11.9 Å². The zero-order chi connectivity index (χ0) is 13.5. The highest BCUT2D eigenvalue weighted by molar-refractivity contribution is 5.76. The number of pyridine rings is 1. The minimum Gasteiger partial charge on any atom is -0.370 e. The Kier molecular flexibility index (Phi) is 5.04. The average Bonchev–Trinajstić information content (AvgIpc) is 2.28. The van der Waals surface area contributed by atoms with E-state index in [1.165, 1.54) is 18.3 Å². The standard InChI is InChI=1S/C11H16N4O3/c1-8(2)14-11(16)5-6-12-10-4-3-9(7-13-10)15(17)18/h3-4,7-8H,5-6H2,1-2H3,(H,12,13)(H,14,16). The summed E-state index contributed by atoms with van der Waals surface area (Å²) >= 11 is 0. The molecule has 7 heteroatoms. The molecule has 18 heavy (non-hydrogen) atoms. The number of aromatic nitrogens is 1. The van der Waals surface area contributed by atoms with E-state index in [1.807, 2.05) is 13.8 Å². The van der Waals surface area contributed by atoms with Crippen LogP contribution in [0.4, 0.5) is 11.5 Å². The fourth-order valence-corrected chi connectivity index (χ4v) is 1.30. The maximum atomic E-state index is 11.3. The van der Waals surface area contributed by atoms with Crippen LogP contribution in [0, 0.1) is 10.1 Å². The number of carbonyl (C=O) groups is 1. The molecule has 1 amide bonds. The first kappa shape index (κ1) is 13.9. The summed E-state index contributed by atoms with van der Waals surface area (Å²) < 4.78 is 0. The SMILES string of the molecule is CC(C)NC(=O)CCNc1ccc([N+](=O)[O-])cn1. The van der Waals surface area contributed by atoms with Crippen molar-refractivity contribution in [1.29, 1.82) is 0 Å². The van der Waals surface area contributed by atoms with Crippen LogP contribution >= 0.6 is 0 Å².